The van der Waals surface area contributed by atoms with Gasteiger partial charge in [-0.25, -0.2) is 0 Å². The number of hydrogen-bond acceptors (Lipinski definition) is 4. The highest BCUT2D eigenvalue weighted by atomic mass is 16.5. The minimum Gasteiger partial charge on any atom is -0.350 e. The average Bonchev–Trinajstić information content (AvgIpc) is 3.26. The van der Waals surface area contributed by atoms with Crippen molar-refractivity contribution in [1.82, 2.24) is 10.5 Å². The van der Waals surface area contributed by atoms with E-state index in [-0.39, 0.29) is 17.2 Å². The van der Waals surface area contributed by atoms with Gasteiger partial charge in [0.25, 0.3) is 5.91 Å². The number of aromatic nitrogens is 1. The summed E-state index contributed by atoms with van der Waals surface area (Å²) in [4.78, 5) is 12.3. The van der Waals surface area contributed by atoms with E-state index in [1.54, 1.807) is 6.07 Å². The van der Waals surface area contributed by atoms with Gasteiger partial charge in [0.05, 0.1) is 5.54 Å². The molecule has 2 aromatic rings. The molecular weight excluding hydrogens is 278 g/mol. The maximum absolute atomic E-state index is 12.3. The minimum absolute atomic E-state index is 0.218. The molecule has 1 unspecified atom stereocenters. The number of nitrogens with zero attached hydrogens (tertiary/aromatic N) is 1. The Kier molecular flexibility index (Phi) is 3.74. The van der Waals surface area contributed by atoms with Crippen LogP contribution < -0.4 is 11.1 Å². The van der Waals surface area contributed by atoms with E-state index in [1.807, 2.05) is 38.1 Å². The van der Waals surface area contributed by atoms with Crippen LogP contribution in [-0.4, -0.2) is 23.1 Å². The third kappa shape index (κ3) is 2.90. The molecule has 5 heteroatoms. The molecule has 1 aromatic carbocycles. The van der Waals surface area contributed by atoms with E-state index in [2.05, 4.69) is 10.5 Å². The van der Waals surface area contributed by atoms with Gasteiger partial charge in [-0.3, -0.25) is 4.79 Å². The van der Waals surface area contributed by atoms with Crippen LogP contribution in [0, 0.1) is 12.8 Å². The van der Waals surface area contributed by atoms with E-state index in [0.29, 0.717) is 18.2 Å². The normalized spacial score (nSPS) is 17.0. The summed E-state index contributed by atoms with van der Waals surface area (Å²) in [5.74, 6) is 0.419. The molecule has 1 amide bonds. The predicted molar refractivity (Wildman–Crippen MR) is 84.3 cm³/mol. The van der Waals surface area contributed by atoms with E-state index in [9.17, 15) is 4.79 Å². The van der Waals surface area contributed by atoms with Gasteiger partial charge in [-0.1, -0.05) is 35.0 Å². The van der Waals surface area contributed by atoms with Gasteiger partial charge >= 0.3 is 0 Å². The Bertz CT molecular complexity index is 673. The number of benzene rings is 1. The van der Waals surface area contributed by atoms with Gasteiger partial charge in [0.2, 0.25) is 5.76 Å². The zero-order valence-corrected chi connectivity index (χ0v) is 12.9. The molecule has 116 valence electrons. The van der Waals surface area contributed by atoms with Crippen molar-refractivity contribution in [2.75, 3.05) is 6.54 Å². The third-order valence-corrected chi connectivity index (χ3v) is 4.38. The number of nitrogens with two attached hydrogens (primary N) is 1. The molecule has 22 heavy (non-hydrogen) atoms. The standard InChI is InChI=1S/C17H21N3O2/c1-11-3-5-12(6-4-11)14-9-15(22-20-14)16(21)19-17(2,10-18)13-7-8-13/h3-6,9,13H,7-8,10,18H2,1-2H3,(H,19,21). The maximum atomic E-state index is 12.3. The molecule has 5 nitrogen and oxygen atoms in total. The molecule has 0 radical (unpaired) electrons. The lowest BCUT2D eigenvalue weighted by Crippen LogP contribution is -2.53. The highest BCUT2D eigenvalue weighted by Gasteiger charge is 2.42. The Labute approximate surface area is 129 Å². The summed E-state index contributed by atoms with van der Waals surface area (Å²) in [5.41, 5.74) is 8.22. The topological polar surface area (TPSA) is 81.2 Å². The monoisotopic (exact) mass is 299 g/mol. The van der Waals surface area contributed by atoms with Crippen LogP contribution in [0.15, 0.2) is 34.9 Å². The molecule has 3 N–H and O–H groups in total. The van der Waals surface area contributed by atoms with E-state index >= 15 is 0 Å². The van der Waals surface area contributed by atoms with Gasteiger partial charge in [-0.2, -0.15) is 0 Å². The minimum atomic E-state index is -0.367. The Morgan fingerprint density at radius 1 is 1.41 bits per heavy atom. The summed E-state index contributed by atoms with van der Waals surface area (Å²) in [6.07, 6.45) is 2.22. The van der Waals surface area contributed by atoms with Crippen LogP contribution in [0.4, 0.5) is 0 Å². The molecule has 0 bridgehead atoms. The zero-order valence-electron chi connectivity index (χ0n) is 12.9. The van der Waals surface area contributed by atoms with Gasteiger partial charge in [-0.05, 0) is 32.6 Å². The largest absolute Gasteiger partial charge is 0.350 e. The maximum Gasteiger partial charge on any atom is 0.290 e. The highest BCUT2D eigenvalue weighted by molar-refractivity contribution is 5.93. The molecule has 1 heterocycles. The number of hydrogen-bond donors (Lipinski definition) is 2. The molecule has 1 fully saturated rings. The number of carbonyl (C=O) groups is 1. The average molecular weight is 299 g/mol. The van der Waals surface area contributed by atoms with Gasteiger partial charge < -0.3 is 15.6 Å². The lowest BCUT2D eigenvalue weighted by Gasteiger charge is -2.28. The van der Waals surface area contributed by atoms with Crippen LogP contribution in [0.5, 0.6) is 0 Å². The molecule has 1 atom stereocenters. The van der Waals surface area contributed by atoms with Crippen molar-refractivity contribution in [2.45, 2.75) is 32.2 Å². The Hall–Kier alpha value is -2.14. The molecule has 1 aromatic heterocycles. The number of nitrogens with one attached hydrogen (secondary N) is 1. The van der Waals surface area contributed by atoms with Crippen molar-refractivity contribution in [3.8, 4) is 11.3 Å². The molecule has 0 aliphatic heterocycles. The Morgan fingerprint density at radius 2 is 2.09 bits per heavy atom. The third-order valence-electron chi connectivity index (χ3n) is 4.38. The van der Waals surface area contributed by atoms with Crippen LogP contribution in [0.1, 0.15) is 35.9 Å². The molecule has 1 aliphatic rings. The van der Waals surface area contributed by atoms with Crippen LogP contribution in [0.25, 0.3) is 11.3 Å². The summed E-state index contributed by atoms with van der Waals surface area (Å²) < 4.78 is 5.20. The van der Waals surface area contributed by atoms with Crippen molar-refractivity contribution in [3.05, 3.63) is 41.7 Å². The van der Waals surface area contributed by atoms with Crippen LogP contribution in [0.2, 0.25) is 0 Å². The number of amides is 1. The van der Waals surface area contributed by atoms with Crippen molar-refractivity contribution in [1.29, 1.82) is 0 Å². The zero-order chi connectivity index (χ0) is 15.7. The second-order valence-electron chi connectivity index (χ2n) is 6.29. The lowest BCUT2D eigenvalue weighted by molar-refractivity contribution is 0.0860. The number of aryl methyl sites for hydroxylation is 1. The second-order valence-corrected chi connectivity index (χ2v) is 6.29. The van der Waals surface area contributed by atoms with Crippen molar-refractivity contribution in [2.24, 2.45) is 11.7 Å². The lowest BCUT2D eigenvalue weighted by atomic mass is 9.96. The second kappa shape index (κ2) is 5.57. The van der Waals surface area contributed by atoms with Crippen molar-refractivity contribution < 1.29 is 9.32 Å². The fraction of sp³-hybridized carbons (Fsp3) is 0.412. The Balaban J connectivity index is 1.75. The van der Waals surface area contributed by atoms with Crippen molar-refractivity contribution >= 4 is 5.91 Å². The summed E-state index contributed by atoms with van der Waals surface area (Å²) >= 11 is 0. The molecule has 0 saturated heterocycles. The number of carbonyl (C=O) groups excluding carboxylic acids is 1. The highest BCUT2D eigenvalue weighted by Crippen LogP contribution is 2.39. The first kappa shape index (κ1) is 14.8. The van der Waals surface area contributed by atoms with Gasteiger partial charge in [0.1, 0.15) is 5.69 Å². The van der Waals surface area contributed by atoms with E-state index < -0.39 is 0 Å². The molecule has 1 aliphatic carbocycles. The summed E-state index contributed by atoms with van der Waals surface area (Å²) in [5, 5.41) is 6.98. The van der Waals surface area contributed by atoms with E-state index in [4.69, 9.17) is 10.3 Å². The molecular formula is C17H21N3O2. The summed E-state index contributed by atoms with van der Waals surface area (Å²) in [6.45, 7) is 4.43. The predicted octanol–water partition coefficient (Wildman–Crippen LogP) is 2.51. The quantitative estimate of drug-likeness (QED) is 0.889. The summed E-state index contributed by atoms with van der Waals surface area (Å²) in [7, 11) is 0. The van der Waals surface area contributed by atoms with Crippen LogP contribution in [-0.2, 0) is 0 Å². The van der Waals surface area contributed by atoms with E-state index in [0.717, 1.165) is 18.4 Å². The Morgan fingerprint density at radius 3 is 2.68 bits per heavy atom. The first-order chi connectivity index (χ1) is 10.5. The van der Waals surface area contributed by atoms with Crippen LogP contribution in [0.3, 0.4) is 0 Å². The SMILES string of the molecule is Cc1ccc(-c2cc(C(=O)NC(C)(CN)C3CC3)on2)cc1. The number of rotatable bonds is 5. The summed E-state index contributed by atoms with van der Waals surface area (Å²) in [6, 6.07) is 9.60. The molecule has 1 saturated carbocycles. The first-order valence-corrected chi connectivity index (χ1v) is 7.58. The fourth-order valence-electron chi connectivity index (χ4n) is 2.60. The molecule has 0 spiro atoms. The van der Waals surface area contributed by atoms with Crippen LogP contribution >= 0.6 is 0 Å². The smallest absolute Gasteiger partial charge is 0.290 e. The fourth-order valence-corrected chi connectivity index (χ4v) is 2.60. The van der Waals surface area contributed by atoms with Gasteiger partial charge in [0, 0.05) is 18.2 Å². The van der Waals surface area contributed by atoms with Crippen molar-refractivity contribution in [3.63, 3.8) is 0 Å². The molecule has 3 rings (SSSR count). The first-order valence-electron chi connectivity index (χ1n) is 7.58. The van der Waals surface area contributed by atoms with Gasteiger partial charge in [0.15, 0.2) is 0 Å². The van der Waals surface area contributed by atoms with Gasteiger partial charge in [-0.15, -0.1) is 0 Å². The van der Waals surface area contributed by atoms with E-state index in [1.165, 1.54) is 5.56 Å².